The third-order valence-electron chi connectivity index (χ3n) is 4.09. The number of hydrogen-bond donors (Lipinski definition) is 3. The first-order valence-corrected chi connectivity index (χ1v) is 6.44. The number of fused-ring (bicyclic) bond motifs is 3. The monoisotopic (exact) mass is 254 g/mol. The Kier molecular flexibility index (Phi) is 3.33. The number of hydrogen-bond acceptors (Lipinski definition) is 4. The zero-order chi connectivity index (χ0) is 13.4. The van der Waals surface area contributed by atoms with Crippen molar-refractivity contribution in [2.75, 3.05) is 26.7 Å². The summed E-state index contributed by atoms with van der Waals surface area (Å²) in [5.74, 6) is -0.400. The van der Waals surface area contributed by atoms with Gasteiger partial charge in [0.25, 0.3) is 5.91 Å². The van der Waals surface area contributed by atoms with Gasteiger partial charge in [0.15, 0.2) is 5.66 Å². The Morgan fingerprint density at radius 2 is 1.94 bits per heavy atom. The van der Waals surface area contributed by atoms with Gasteiger partial charge in [0.2, 0.25) is 5.91 Å². The van der Waals surface area contributed by atoms with Crippen LogP contribution in [0, 0.1) is 5.41 Å². The summed E-state index contributed by atoms with van der Waals surface area (Å²) < 4.78 is 0. The highest BCUT2D eigenvalue weighted by Gasteiger charge is 2.45. The largest absolute Gasteiger partial charge is 0.352 e. The Bertz CT molecular complexity index is 373. The molecule has 0 aromatic carbocycles. The van der Waals surface area contributed by atoms with Crippen molar-refractivity contribution in [1.82, 2.24) is 15.5 Å². The van der Waals surface area contributed by atoms with Crippen LogP contribution in [0.4, 0.5) is 0 Å². The highest BCUT2D eigenvalue weighted by Crippen LogP contribution is 2.26. The summed E-state index contributed by atoms with van der Waals surface area (Å²) >= 11 is 0. The topological polar surface area (TPSA) is 87.5 Å². The van der Waals surface area contributed by atoms with Crippen LogP contribution in [-0.2, 0) is 9.59 Å². The molecule has 2 bridgehead atoms. The zero-order valence-electron chi connectivity index (χ0n) is 11.1. The van der Waals surface area contributed by atoms with E-state index >= 15 is 0 Å². The van der Waals surface area contributed by atoms with Gasteiger partial charge in [-0.05, 0) is 46.3 Å². The molecular formula is C12H22N4O2. The van der Waals surface area contributed by atoms with Crippen LogP contribution in [0.2, 0.25) is 0 Å². The van der Waals surface area contributed by atoms with Gasteiger partial charge in [0, 0.05) is 6.54 Å². The Labute approximate surface area is 107 Å². The van der Waals surface area contributed by atoms with E-state index in [-0.39, 0.29) is 11.8 Å². The van der Waals surface area contributed by atoms with Crippen molar-refractivity contribution in [2.45, 2.75) is 31.8 Å². The van der Waals surface area contributed by atoms with Crippen molar-refractivity contribution in [1.29, 1.82) is 0 Å². The van der Waals surface area contributed by atoms with E-state index < -0.39 is 11.1 Å². The summed E-state index contributed by atoms with van der Waals surface area (Å²) in [6, 6.07) is 0. The van der Waals surface area contributed by atoms with Crippen LogP contribution in [-0.4, -0.2) is 49.1 Å². The lowest BCUT2D eigenvalue weighted by molar-refractivity contribution is -0.135. The predicted molar refractivity (Wildman–Crippen MR) is 67.5 cm³/mol. The van der Waals surface area contributed by atoms with E-state index in [2.05, 4.69) is 15.5 Å². The second-order valence-electron chi connectivity index (χ2n) is 5.83. The maximum atomic E-state index is 12.3. The molecule has 0 aromatic heterocycles. The summed E-state index contributed by atoms with van der Waals surface area (Å²) in [5, 5.41) is 5.54. The average molecular weight is 254 g/mol. The summed E-state index contributed by atoms with van der Waals surface area (Å²) in [6.45, 7) is 3.96. The van der Waals surface area contributed by atoms with Gasteiger partial charge in [-0.1, -0.05) is 0 Å². The fourth-order valence-corrected chi connectivity index (χ4v) is 2.48. The molecule has 2 aliphatic rings. The summed E-state index contributed by atoms with van der Waals surface area (Å²) in [5.41, 5.74) is 4.22. The minimum Gasteiger partial charge on any atom is -0.352 e. The minimum absolute atomic E-state index is 0.126. The molecule has 6 heteroatoms. The van der Waals surface area contributed by atoms with Crippen LogP contribution < -0.4 is 16.4 Å². The fraction of sp³-hybridized carbons (Fsp3) is 0.833. The second-order valence-corrected chi connectivity index (χ2v) is 5.83. The Morgan fingerprint density at radius 1 is 1.22 bits per heavy atom. The van der Waals surface area contributed by atoms with Crippen molar-refractivity contribution in [3.63, 3.8) is 0 Å². The molecule has 0 aromatic rings. The summed E-state index contributed by atoms with van der Waals surface area (Å²) in [7, 11) is 2.03. The third-order valence-corrected chi connectivity index (χ3v) is 4.09. The Balaban J connectivity index is 2.32. The smallest absolute Gasteiger partial charge is 0.260 e. The number of carbonyl (C=O) groups is 2. The molecule has 0 spiro atoms. The number of rotatable bonds is 0. The maximum Gasteiger partial charge on any atom is 0.260 e. The molecule has 0 aliphatic carbocycles. The third kappa shape index (κ3) is 2.35. The lowest BCUT2D eigenvalue weighted by Gasteiger charge is -2.32. The van der Waals surface area contributed by atoms with Crippen LogP contribution in [0.15, 0.2) is 0 Å². The van der Waals surface area contributed by atoms with E-state index in [1.165, 1.54) is 0 Å². The van der Waals surface area contributed by atoms with Crippen molar-refractivity contribution >= 4 is 11.8 Å². The highest BCUT2D eigenvalue weighted by molar-refractivity contribution is 5.95. The van der Waals surface area contributed by atoms with E-state index in [1.54, 1.807) is 0 Å². The molecule has 2 amide bonds. The molecule has 18 heavy (non-hydrogen) atoms. The molecule has 2 saturated heterocycles. The van der Waals surface area contributed by atoms with Crippen LogP contribution in [0.25, 0.3) is 0 Å². The van der Waals surface area contributed by atoms with E-state index in [4.69, 9.17) is 5.73 Å². The normalized spacial score (nSPS) is 38.8. The SMILES string of the molecule is CN1CCC[C@]2(N)NC(=O)C(C)(CC1)CNC2=O. The van der Waals surface area contributed by atoms with Gasteiger partial charge < -0.3 is 21.3 Å². The summed E-state index contributed by atoms with van der Waals surface area (Å²) in [4.78, 5) is 26.5. The van der Waals surface area contributed by atoms with Gasteiger partial charge >= 0.3 is 0 Å². The molecule has 2 aliphatic heterocycles. The van der Waals surface area contributed by atoms with Gasteiger partial charge in [-0.3, -0.25) is 9.59 Å². The predicted octanol–water partition coefficient (Wildman–Crippen LogP) is -0.991. The van der Waals surface area contributed by atoms with Crippen molar-refractivity contribution in [3.8, 4) is 0 Å². The Hall–Kier alpha value is -1.14. The highest BCUT2D eigenvalue weighted by atomic mass is 16.2. The molecule has 1 unspecified atom stereocenters. The van der Waals surface area contributed by atoms with Gasteiger partial charge in [0.05, 0.1) is 5.41 Å². The summed E-state index contributed by atoms with van der Waals surface area (Å²) in [6.07, 6.45) is 1.97. The molecule has 102 valence electrons. The Morgan fingerprint density at radius 3 is 2.67 bits per heavy atom. The quantitative estimate of drug-likeness (QED) is 0.518. The standard InChI is InChI=1S/C12H22N4O2/c1-11-5-7-16(2)6-3-4-12(13,15-9(11)17)10(18)14-8-11/h3-8,13H2,1-2H3,(H,14,18)(H,15,17)/t11?,12-/m0/s1. The van der Waals surface area contributed by atoms with Gasteiger partial charge in [0.1, 0.15) is 0 Å². The number of carbonyl (C=O) groups excluding carboxylic acids is 2. The first-order chi connectivity index (χ1) is 8.36. The lowest BCUT2D eigenvalue weighted by Crippen LogP contribution is -2.64. The number of nitrogens with zero attached hydrogens (tertiary/aromatic N) is 1. The first kappa shape index (κ1) is 13.3. The number of nitrogens with two attached hydrogens (primary N) is 1. The van der Waals surface area contributed by atoms with Crippen LogP contribution in [0.5, 0.6) is 0 Å². The average Bonchev–Trinajstić information content (AvgIpc) is 2.39. The van der Waals surface area contributed by atoms with Gasteiger partial charge in [-0.15, -0.1) is 0 Å². The maximum absolute atomic E-state index is 12.3. The van der Waals surface area contributed by atoms with Crippen LogP contribution >= 0.6 is 0 Å². The van der Waals surface area contributed by atoms with Gasteiger partial charge in [-0.25, -0.2) is 0 Å². The molecule has 4 N–H and O–H groups in total. The lowest BCUT2D eigenvalue weighted by atomic mass is 9.85. The fourth-order valence-electron chi connectivity index (χ4n) is 2.48. The molecule has 0 saturated carbocycles. The number of nitrogens with one attached hydrogen (secondary N) is 2. The molecule has 2 heterocycles. The molecule has 2 fully saturated rings. The molecule has 6 nitrogen and oxygen atoms in total. The molecule has 2 rings (SSSR count). The minimum atomic E-state index is -1.26. The van der Waals surface area contributed by atoms with Crippen molar-refractivity contribution in [2.24, 2.45) is 11.1 Å². The van der Waals surface area contributed by atoms with E-state index in [0.29, 0.717) is 19.4 Å². The van der Waals surface area contributed by atoms with Gasteiger partial charge in [-0.2, -0.15) is 0 Å². The zero-order valence-corrected chi connectivity index (χ0v) is 11.1. The van der Waals surface area contributed by atoms with E-state index in [1.807, 2.05) is 14.0 Å². The van der Waals surface area contributed by atoms with Crippen molar-refractivity contribution in [3.05, 3.63) is 0 Å². The van der Waals surface area contributed by atoms with E-state index in [0.717, 1.165) is 19.5 Å². The van der Waals surface area contributed by atoms with E-state index in [9.17, 15) is 9.59 Å². The molecule has 0 radical (unpaired) electrons. The second kappa shape index (κ2) is 4.51. The van der Waals surface area contributed by atoms with Crippen LogP contribution in [0.3, 0.4) is 0 Å². The van der Waals surface area contributed by atoms with Crippen molar-refractivity contribution < 1.29 is 9.59 Å². The van der Waals surface area contributed by atoms with Crippen LogP contribution in [0.1, 0.15) is 26.2 Å². The molecule has 2 atom stereocenters. The number of amides is 2. The first-order valence-electron chi connectivity index (χ1n) is 6.44. The molecular weight excluding hydrogens is 232 g/mol.